The molecule has 1 aliphatic heterocycles. The molecule has 108 valence electrons. The van der Waals surface area contributed by atoms with Crippen molar-refractivity contribution in [3.63, 3.8) is 0 Å². The third-order valence-corrected chi connectivity index (χ3v) is 3.18. The molecule has 0 aromatic heterocycles. The van der Waals surface area contributed by atoms with Gasteiger partial charge in [0.15, 0.2) is 0 Å². The van der Waals surface area contributed by atoms with E-state index in [2.05, 4.69) is 0 Å². The summed E-state index contributed by atoms with van der Waals surface area (Å²) in [7, 11) is 1.78. The summed E-state index contributed by atoms with van der Waals surface area (Å²) in [6.07, 6.45) is 2.82. The van der Waals surface area contributed by atoms with Crippen LogP contribution in [0.15, 0.2) is 0 Å². The molecular weight excluding hydrogens is 256 g/mol. The van der Waals surface area contributed by atoms with Crippen LogP contribution in [0.5, 0.6) is 0 Å². The number of ether oxygens (including phenoxy) is 2. The quantitative estimate of drug-likeness (QED) is 0.701. The Labute approximate surface area is 115 Å². The smallest absolute Gasteiger partial charge is 0.224 e. The fourth-order valence-electron chi connectivity index (χ4n) is 1.73. The lowest BCUT2D eigenvalue weighted by molar-refractivity contribution is -0.132. The molecule has 1 aliphatic rings. The van der Waals surface area contributed by atoms with Crippen LogP contribution in [-0.2, 0) is 14.3 Å². The summed E-state index contributed by atoms with van der Waals surface area (Å²) >= 11 is 0. The Hall–Kier alpha value is -0.360. The molecule has 1 amide bonds. The number of halogens is 1. The first-order chi connectivity index (χ1) is 8.15. The standard InChI is InChI=1S/C12H24N2O3.ClH/c1-10(8-13)14(2)12(15)5-7-16-9-11-4-3-6-17-11;/h10-11H,3-9,13H2,1-2H3;1H. The molecule has 18 heavy (non-hydrogen) atoms. The van der Waals surface area contributed by atoms with Crippen molar-refractivity contribution in [1.29, 1.82) is 0 Å². The molecular formula is C12H25ClN2O3. The zero-order chi connectivity index (χ0) is 12.7. The summed E-state index contributed by atoms with van der Waals surface area (Å²) in [5.41, 5.74) is 5.51. The fourth-order valence-corrected chi connectivity index (χ4v) is 1.73. The SMILES string of the molecule is CC(CN)N(C)C(=O)CCOCC1CCCO1.Cl. The highest BCUT2D eigenvalue weighted by Crippen LogP contribution is 2.12. The van der Waals surface area contributed by atoms with E-state index in [4.69, 9.17) is 15.2 Å². The topological polar surface area (TPSA) is 64.8 Å². The van der Waals surface area contributed by atoms with Crippen LogP contribution in [0, 0.1) is 0 Å². The van der Waals surface area contributed by atoms with Gasteiger partial charge < -0.3 is 20.1 Å². The summed E-state index contributed by atoms with van der Waals surface area (Å²) in [4.78, 5) is 13.4. The number of nitrogens with two attached hydrogens (primary N) is 1. The van der Waals surface area contributed by atoms with Gasteiger partial charge in [0.05, 0.1) is 25.7 Å². The zero-order valence-corrected chi connectivity index (χ0v) is 12.1. The Morgan fingerprint density at radius 3 is 2.89 bits per heavy atom. The van der Waals surface area contributed by atoms with Crippen LogP contribution >= 0.6 is 12.4 Å². The van der Waals surface area contributed by atoms with Gasteiger partial charge in [-0.3, -0.25) is 4.79 Å². The summed E-state index contributed by atoms with van der Waals surface area (Å²) in [5.74, 6) is 0.0790. The number of carbonyl (C=O) groups is 1. The highest BCUT2D eigenvalue weighted by atomic mass is 35.5. The van der Waals surface area contributed by atoms with Crippen molar-refractivity contribution in [2.24, 2.45) is 5.73 Å². The van der Waals surface area contributed by atoms with E-state index < -0.39 is 0 Å². The van der Waals surface area contributed by atoms with Crippen LogP contribution in [-0.4, -0.2) is 56.4 Å². The molecule has 0 aliphatic carbocycles. The maximum absolute atomic E-state index is 11.7. The normalized spacial score (nSPS) is 20.3. The summed E-state index contributed by atoms with van der Waals surface area (Å²) in [6, 6.07) is 0.0839. The first kappa shape index (κ1) is 17.6. The Balaban J connectivity index is 0.00000289. The predicted octanol–water partition coefficient (Wildman–Crippen LogP) is 0.800. The van der Waals surface area contributed by atoms with Gasteiger partial charge in [0.2, 0.25) is 5.91 Å². The van der Waals surface area contributed by atoms with Crippen molar-refractivity contribution >= 4 is 18.3 Å². The van der Waals surface area contributed by atoms with Crippen molar-refractivity contribution in [3.8, 4) is 0 Å². The van der Waals surface area contributed by atoms with E-state index in [0.717, 1.165) is 19.4 Å². The van der Waals surface area contributed by atoms with Gasteiger partial charge in [0.25, 0.3) is 0 Å². The maximum atomic E-state index is 11.7. The van der Waals surface area contributed by atoms with Crippen LogP contribution in [0.25, 0.3) is 0 Å². The lowest BCUT2D eigenvalue weighted by Crippen LogP contribution is -2.40. The van der Waals surface area contributed by atoms with Gasteiger partial charge >= 0.3 is 0 Å². The lowest BCUT2D eigenvalue weighted by Gasteiger charge is -2.23. The van der Waals surface area contributed by atoms with Gasteiger partial charge in [-0.25, -0.2) is 0 Å². The highest BCUT2D eigenvalue weighted by Gasteiger charge is 2.17. The molecule has 0 bridgehead atoms. The summed E-state index contributed by atoms with van der Waals surface area (Å²) in [6.45, 7) is 4.32. The molecule has 0 aromatic rings. The first-order valence-corrected chi connectivity index (χ1v) is 6.30. The lowest BCUT2D eigenvalue weighted by atomic mass is 10.2. The minimum Gasteiger partial charge on any atom is -0.378 e. The molecule has 0 aromatic carbocycles. The van der Waals surface area contributed by atoms with E-state index in [1.807, 2.05) is 6.92 Å². The number of hydrogen-bond acceptors (Lipinski definition) is 4. The number of nitrogens with zero attached hydrogens (tertiary/aromatic N) is 1. The number of likely N-dealkylation sites (N-methyl/N-ethyl adjacent to an activating group) is 1. The van der Waals surface area contributed by atoms with Crippen molar-refractivity contribution in [1.82, 2.24) is 4.90 Å². The van der Waals surface area contributed by atoms with Crippen LogP contribution in [0.4, 0.5) is 0 Å². The molecule has 5 nitrogen and oxygen atoms in total. The van der Waals surface area contributed by atoms with Gasteiger partial charge in [0.1, 0.15) is 0 Å². The third-order valence-electron chi connectivity index (χ3n) is 3.18. The number of hydrogen-bond donors (Lipinski definition) is 1. The zero-order valence-electron chi connectivity index (χ0n) is 11.3. The highest BCUT2D eigenvalue weighted by molar-refractivity contribution is 5.85. The van der Waals surface area contributed by atoms with E-state index in [9.17, 15) is 4.79 Å². The average Bonchev–Trinajstić information content (AvgIpc) is 2.85. The largest absolute Gasteiger partial charge is 0.378 e. The number of amides is 1. The number of rotatable bonds is 7. The van der Waals surface area contributed by atoms with Crippen molar-refractivity contribution < 1.29 is 14.3 Å². The molecule has 2 unspecified atom stereocenters. The minimum atomic E-state index is 0. The van der Waals surface area contributed by atoms with E-state index in [1.54, 1.807) is 11.9 Å². The molecule has 1 heterocycles. The molecule has 1 saturated heterocycles. The summed E-state index contributed by atoms with van der Waals surface area (Å²) in [5, 5.41) is 0. The molecule has 0 radical (unpaired) electrons. The monoisotopic (exact) mass is 280 g/mol. The Kier molecular flexibility index (Phi) is 9.36. The van der Waals surface area contributed by atoms with Gasteiger partial charge in [-0.1, -0.05) is 0 Å². The average molecular weight is 281 g/mol. The van der Waals surface area contributed by atoms with Crippen molar-refractivity contribution in [2.75, 3.05) is 33.4 Å². The van der Waals surface area contributed by atoms with Crippen LogP contribution in [0.3, 0.4) is 0 Å². The fraction of sp³-hybridized carbons (Fsp3) is 0.917. The second-order valence-corrected chi connectivity index (χ2v) is 4.55. The van der Waals surface area contributed by atoms with Gasteiger partial charge in [0, 0.05) is 26.2 Å². The van der Waals surface area contributed by atoms with E-state index >= 15 is 0 Å². The Bertz CT molecular complexity index is 235. The first-order valence-electron chi connectivity index (χ1n) is 6.30. The van der Waals surface area contributed by atoms with Gasteiger partial charge in [-0.05, 0) is 19.8 Å². The minimum absolute atomic E-state index is 0. The maximum Gasteiger partial charge on any atom is 0.224 e. The second kappa shape index (κ2) is 9.55. The molecule has 2 N–H and O–H groups in total. The Morgan fingerprint density at radius 2 is 2.33 bits per heavy atom. The second-order valence-electron chi connectivity index (χ2n) is 4.55. The van der Waals surface area contributed by atoms with Crippen LogP contribution in [0.2, 0.25) is 0 Å². The van der Waals surface area contributed by atoms with Gasteiger partial charge in [-0.15, -0.1) is 12.4 Å². The van der Waals surface area contributed by atoms with Crippen molar-refractivity contribution in [2.45, 2.75) is 38.3 Å². The molecule has 6 heteroatoms. The van der Waals surface area contributed by atoms with Crippen LogP contribution in [0.1, 0.15) is 26.2 Å². The summed E-state index contributed by atoms with van der Waals surface area (Å²) < 4.78 is 10.9. The molecule has 1 fully saturated rings. The molecule has 2 atom stereocenters. The predicted molar refractivity (Wildman–Crippen MR) is 72.9 cm³/mol. The van der Waals surface area contributed by atoms with E-state index in [-0.39, 0.29) is 30.5 Å². The van der Waals surface area contributed by atoms with Gasteiger partial charge in [-0.2, -0.15) is 0 Å². The van der Waals surface area contributed by atoms with E-state index in [1.165, 1.54) is 0 Å². The molecule has 1 rings (SSSR count). The van der Waals surface area contributed by atoms with Crippen molar-refractivity contribution in [3.05, 3.63) is 0 Å². The molecule has 0 saturated carbocycles. The third kappa shape index (κ3) is 6.00. The van der Waals surface area contributed by atoms with Crippen LogP contribution < -0.4 is 5.73 Å². The Morgan fingerprint density at radius 1 is 1.61 bits per heavy atom. The number of carbonyl (C=O) groups excluding carboxylic acids is 1. The molecule has 0 spiro atoms. The van der Waals surface area contributed by atoms with E-state index in [0.29, 0.717) is 26.2 Å².